The SMILES string of the molecule is C/C=C/CCCCCCCOC[C@@H]1OC[C@@H](O)[C@H](O)[C@H]1O. The Bertz CT molecular complexity index is 282. The third-order valence-electron chi connectivity index (χ3n) is 3.78. The van der Waals surface area contributed by atoms with Crippen molar-refractivity contribution in [3.8, 4) is 0 Å². The van der Waals surface area contributed by atoms with Crippen molar-refractivity contribution in [1.82, 2.24) is 0 Å². The number of hydrogen-bond acceptors (Lipinski definition) is 5. The van der Waals surface area contributed by atoms with Crippen LogP contribution in [0, 0.1) is 0 Å². The van der Waals surface area contributed by atoms with Gasteiger partial charge in [0.2, 0.25) is 0 Å². The van der Waals surface area contributed by atoms with Crippen LogP contribution in [0.4, 0.5) is 0 Å². The molecular formula is C16H30O5. The van der Waals surface area contributed by atoms with E-state index in [1.54, 1.807) is 0 Å². The summed E-state index contributed by atoms with van der Waals surface area (Å²) in [5.41, 5.74) is 0. The van der Waals surface area contributed by atoms with Gasteiger partial charge in [0.05, 0.1) is 13.2 Å². The minimum absolute atomic E-state index is 0.0401. The number of aliphatic hydroxyl groups excluding tert-OH is 3. The van der Waals surface area contributed by atoms with Crippen LogP contribution < -0.4 is 0 Å². The Morgan fingerprint density at radius 3 is 2.52 bits per heavy atom. The van der Waals surface area contributed by atoms with Gasteiger partial charge < -0.3 is 24.8 Å². The monoisotopic (exact) mass is 302 g/mol. The summed E-state index contributed by atoms with van der Waals surface area (Å²) in [6.07, 6.45) is 7.50. The zero-order valence-electron chi connectivity index (χ0n) is 13.0. The molecule has 0 spiro atoms. The standard InChI is InChI=1S/C16H30O5/c1-2-3-4-5-6-7-8-9-10-20-12-14-16(19)15(18)13(17)11-21-14/h2-3,13-19H,4-12H2,1H3/b3-2+/t13-,14+,15+,16+/m1/s1. The summed E-state index contributed by atoms with van der Waals surface area (Å²) >= 11 is 0. The van der Waals surface area contributed by atoms with Gasteiger partial charge in [0.25, 0.3) is 0 Å². The molecule has 0 bridgehead atoms. The minimum atomic E-state index is -1.15. The van der Waals surface area contributed by atoms with E-state index < -0.39 is 24.4 Å². The second kappa shape index (κ2) is 11.2. The smallest absolute Gasteiger partial charge is 0.111 e. The van der Waals surface area contributed by atoms with E-state index in [0.29, 0.717) is 6.61 Å². The molecule has 1 aliphatic heterocycles. The predicted octanol–water partition coefficient (Wildman–Crippen LogP) is 1.40. The molecule has 1 heterocycles. The van der Waals surface area contributed by atoms with Crippen molar-refractivity contribution in [3.63, 3.8) is 0 Å². The van der Waals surface area contributed by atoms with Crippen LogP contribution in [0.15, 0.2) is 12.2 Å². The number of rotatable bonds is 10. The van der Waals surface area contributed by atoms with Crippen LogP contribution in [0.25, 0.3) is 0 Å². The Labute approximate surface area is 127 Å². The van der Waals surface area contributed by atoms with Gasteiger partial charge in [-0.1, -0.05) is 31.4 Å². The van der Waals surface area contributed by atoms with Crippen LogP contribution in [-0.2, 0) is 9.47 Å². The summed E-state index contributed by atoms with van der Waals surface area (Å²) < 4.78 is 10.7. The van der Waals surface area contributed by atoms with E-state index in [0.717, 1.165) is 19.3 Å². The number of allylic oxidation sites excluding steroid dienone is 2. The van der Waals surface area contributed by atoms with Gasteiger partial charge >= 0.3 is 0 Å². The molecule has 124 valence electrons. The summed E-state index contributed by atoms with van der Waals surface area (Å²) in [7, 11) is 0. The predicted molar refractivity (Wildman–Crippen MR) is 81.1 cm³/mol. The first-order valence-corrected chi connectivity index (χ1v) is 8.01. The first kappa shape index (κ1) is 18.6. The van der Waals surface area contributed by atoms with E-state index in [2.05, 4.69) is 12.2 Å². The molecule has 3 N–H and O–H groups in total. The second-order valence-electron chi connectivity index (χ2n) is 5.62. The Balaban J connectivity index is 1.94. The normalized spacial score (nSPS) is 30.1. The van der Waals surface area contributed by atoms with E-state index >= 15 is 0 Å². The molecule has 1 fully saturated rings. The Kier molecular flexibility index (Phi) is 9.87. The maximum atomic E-state index is 9.73. The van der Waals surface area contributed by atoms with Crippen LogP contribution in [-0.4, -0.2) is 59.6 Å². The highest BCUT2D eigenvalue weighted by molar-refractivity contribution is 4.86. The van der Waals surface area contributed by atoms with Crippen molar-refractivity contribution in [1.29, 1.82) is 0 Å². The van der Waals surface area contributed by atoms with E-state index in [1.807, 2.05) is 6.92 Å². The van der Waals surface area contributed by atoms with Crippen LogP contribution in [0.2, 0.25) is 0 Å². The van der Waals surface area contributed by atoms with Gasteiger partial charge in [-0.25, -0.2) is 0 Å². The molecule has 0 aromatic heterocycles. The van der Waals surface area contributed by atoms with Crippen molar-refractivity contribution in [2.24, 2.45) is 0 Å². The molecule has 0 unspecified atom stereocenters. The van der Waals surface area contributed by atoms with Crippen LogP contribution in [0.3, 0.4) is 0 Å². The van der Waals surface area contributed by atoms with Gasteiger partial charge in [-0.2, -0.15) is 0 Å². The fourth-order valence-electron chi connectivity index (χ4n) is 2.38. The maximum Gasteiger partial charge on any atom is 0.111 e. The molecule has 0 saturated carbocycles. The molecule has 1 rings (SSSR count). The topological polar surface area (TPSA) is 79.2 Å². The molecule has 21 heavy (non-hydrogen) atoms. The van der Waals surface area contributed by atoms with Gasteiger partial charge in [-0.3, -0.25) is 0 Å². The van der Waals surface area contributed by atoms with Crippen molar-refractivity contribution in [2.75, 3.05) is 19.8 Å². The molecule has 0 radical (unpaired) electrons. The lowest BCUT2D eigenvalue weighted by Gasteiger charge is -2.35. The van der Waals surface area contributed by atoms with Crippen LogP contribution in [0.5, 0.6) is 0 Å². The quantitative estimate of drug-likeness (QED) is 0.420. The zero-order valence-corrected chi connectivity index (χ0v) is 13.0. The molecule has 0 aliphatic carbocycles. The summed E-state index contributed by atoms with van der Waals surface area (Å²) in [5, 5.41) is 28.6. The zero-order chi connectivity index (χ0) is 15.5. The van der Waals surface area contributed by atoms with E-state index in [1.165, 1.54) is 19.3 Å². The third kappa shape index (κ3) is 7.38. The van der Waals surface area contributed by atoms with Crippen LogP contribution in [0.1, 0.15) is 45.4 Å². The van der Waals surface area contributed by atoms with Gasteiger partial charge in [0.1, 0.15) is 24.4 Å². The van der Waals surface area contributed by atoms with E-state index in [-0.39, 0.29) is 13.2 Å². The first-order valence-electron chi connectivity index (χ1n) is 8.01. The number of ether oxygens (including phenoxy) is 2. The molecular weight excluding hydrogens is 272 g/mol. The molecule has 1 saturated heterocycles. The van der Waals surface area contributed by atoms with E-state index in [9.17, 15) is 15.3 Å². The summed E-state index contributed by atoms with van der Waals surface area (Å²) in [6, 6.07) is 0. The van der Waals surface area contributed by atoms with Crippen molar-refractivity contribution in [3.05, 3.63) is 12.2 Å². The lowest BCUT2D eigenvalue weighted by molar-refractivity contribution is -0.199. The Morgan fingerprint density at radius 1 is 1.05 bits per heavy atom. The molecule has 1 aliphatic rings. The second-order valence-corrected chi connectivity index (χ2v) is 5.62. The lowest BCUT2D eigenvalue weighted by atomic mass is 10.0. The highest BCUT2D eigenvalue weighted by atomic mass is 16.6. The Hall–Kier alpha value is -0.460. The fraction of sp³-hybridized carbons (Fsp3) is 0.875. The van der Waals surface area contributed by atoms with Crippen LogP contribution >= 0.6 is 0 Å². The summed E-state index contributed by atoms with van der Waals surface area (Å²) in [4.78, 5) is 0. The molecule has 0 aromatic carbocycles. The van der Waals surface area contributed by atoms with Crippen molar-refractivity contribution < 1.29 is 24.8 Å². The Morgan fingerprint density at radius 2 is 1.76 bits per heavy atom. The molecule has 5 heteroatoms. The van der Waals surface area contributed by atoms with Gasteiger partial charge in [0, 0.05) is 6.61 Å². The van der Waals surface area contributed by atoms with Gasteiger partial charge in [-0.15, -0.1) is 0 Å². The van der Waals surface area contributed by atoms with E-state index in [4.69, 9.17) is 9.47 Å². The summed E-state index contributed by atoms with van der Waals surface area (Å²) in [5.74, 6) is 0. The fourth-order valence-corrected chi connectivity index (χ4v) is 2.38. The molecule has 0 aromatic rings. The highest BCUT2D eigenvalue weighted by Crippen LogP contribution is 2.16. The van der Waals surface area contributed by atoms with Crippen molar-refractivity contribution in [2.45, 2.75) is 69.9 Å². The first-order chi connectivity index (χ1) is 10.2. The molecule has 4 atom stereocenters. The summed E-state index contributed by atoms with van der Waals surface area (Å²) in [6.45, 7) is 2.98. The average molecular weight is 302 g/mol. The third-order valence-corrected chi connectivity index (χ3v) is 3.78. The largest absolute Gasteiger partial charge is 0.388 e. The number of aliphatic hydroxyl groups is 3. The maximum absolute atomic E-state index is 9.73. The molecule has 0 amide bonds. The van der Waals surface area contributed by atoms with Gasteiger partial charge in [-0.05, 0) is 26.2 Å². The van der Waals surface area contributed by atoms with Gasteiger partial charge in [0.15, 0.2) is 0 Å². The average Bonchev–Trinajstić information content (AvgIpc) is 2.49. The minimum Gasteiger partial charge on any atom is -0.388 e. The van der Waals surface area contributed by atoms with Crippen molar-refractivity contribution >= 4 is 0 Å². The number of unbranched alkanes of at least 4 members (excludes halogenated alkanes) is 5. The lowest BCUT2D eigenvalue weighted by Crippen LogP contribution is -2.54. The molecule has 5 nitrogen and oxygen atoms in total. The highest BCUT2D eigenvalue weighted by Gasteiger charge is 2.37. The number of hydrogen-bond donors (Lipinski definition) is 3.